The molecule has 0 amide bonds. The van der Waals surface area contributed by atoms with Gasteiger partial charge in [0, 0.05) is 5.56 Å². The minimum absolute atomic E-state index is 0.628. The third-order valence-corrected chi connectivity index (χ3v) is 4.66. The van der Waals surface area contributed by atoms with E-state index in [9.17, 15) is 4.79 Å². The molecular weight excluding hydrogens is 240 g/mol. The monoisotopic (exact) mass is 260 g/mol. The van der Waals surface area contributed by atoms with Gasteiger partial charge in [0.1, 0.15) is 6.29 Å². The number of methoxy groups -OCH3 is 1. The van der Waals surface area contributed by atoms with E-state index in [1.54, 1.807) is 25.3 Å². The summed E-state index contributed by atoms with van der Waals surface area (Å²) in [5, 5.41) is 0. The van der Waals surface area contributed by atoms with E-state index in [0.717, 1.165) is 24.7 Å². The molecule has 2 aliphatic carbocycles. The molecule has 3 atom stereocenters. The molecule has 0 aliphatic heterocycles. The van der Waals surface area contributed by atoms with Gasteiger partial charge in [0.05, 0.1) is 13.7 Å². The van der Waals surface area contributed by atoms with E-state index in [0.29, 0.717) is 23.0 Å². The molecule has 0 radical (unpaired) electrons. The Morgan fingerprint density at radius 2 is 2.16 bits per heavy atom. The van der Waals surface area contributed by atoms with Gasteiger partial charge in [-0.25, -0.2) is 0 Å². The Morgan fingerprint density at radius 3 is 2.79 bits per heavy atom. The van der Waals surface area contributed by atoms with Crippen molar-refractivity contribution >= 4 is 6.29 Å². The minimum atomic E-state index is 0.628. The zero-order chi connectivity index (χ0) is 13.2. The fourth-order valence-corrected chi connectivity index (χ4v) is 3.66. The molecule has 0 heterocycles. The first-order valence-electron chi connectivity index (χ1n) is 7.06. The van der Waals surface area contributed by atoms with Crippen LogP contribution in [-0.2, 0) is 0 Å². The van der Waals surface area contributed by atoms with Crippen LogP contribution in [0.15, 0.2) is 18.2 Å². The predicted molar refractivity (Wildman–Crippen MR) is 72.8 cm³/mol. The van der Waals surface area contributed by atoms with Gasteiger partial charge >= 0.3 is 0 Å². The van der Waals surface area contributed by atoms with Crippen molar-refractivity contribution in [3.8, 4) is 11.5 Å². The van der Waals surface area contributed by atoms with Crippen molar-refractivity contribution < 1.29 is 14.3 Å². The first-order valence-corrected chi connectivity index (χ1v) is 7.06. The number of ether oxygens (including phenoxy) is 2. The topological polar surface area (TPSA) is 35.5 Å². The first kappa shape index (κ1) is 12.5. The van der Waals surface area contributed by atoms with Crippen molar-refractivity contribution in [2.75, 3.05) is 13.7 Å². The van der Waals surface area contributed by atoms with Crippen LogP contribution in [0.3, 0.4) is 0 Å². The maximum Gasteiger partial charge on any atom is 0.161 e. The third-order valence-electron chi connectivity index (χ3n) is 4.66. The second kappa shape index (κ2) is 5.24. The summed E-state index contributed by atoms with van der Waals surface area (Å²) in [7, 11) is 1.63. The predicted octanol–water partition coefficient (Wildman–Crippen LogP) is 3.32. The summed E-state index contributed by atoms with van der Waals surface area (Å²) in [4.78, 5) is 10.8. The van der Waals surface area contributed by atoms with Gasteiger partial charge in [-0.05, 0) is 55.2 Å². The van der Waals surface area contributed by atoms with Crippen LogP contribution in [0.5, 0.6) is 11.5 Å². The number of aldehydes is 1. The molecule has 0 aromatic heterocycles. The Morgan fingerprint density at radius 1 is 1.26 bits per heavy atom. The summed E-state index contributed by atoms with van der Waals surface area (Å²) < 4.78 is 11.2. The summed E-state index contributed by atoms with van der Waals surface area (Å²) in [5.41, 5.74) is 0.628. The van der Waals surface area contributed by atoms with Gasteiger partial charge in [-0.1, -0.05) is 6.42 Å². The minimum Gasteiger partial charge on any atom is -0.493 e. The molecule has 3 heteroatoms. The van der Waals surface area contributed by atoms with Crippen LogP contribution in [0.25, 0.3) is 0 Å². The lowest BCUT2D eigenvalue weighted by Gasteiger charge is -2.22. The zero-order valence-corrected chi connectivity index (χ0v) is 11.3. The molecule has 2 fully saturated rings. The maximum absolute atomic E-state index is 10.8. The van der Waals surface area contributed by atoms with E-state index in [-0.39, 0.29) is 0 Å². The Hall–Kier alpha value is -1.51. The van der Waals surface area contributed by atoms with Crippen LogP contribution in [0, 0.1) is 17.8 Å². The van der Waals surface area contributed by atoms with Crippen LogP contribution in [-0.4, -0.2) is 20.0 Å². The standard InChI is InChI=1S/C16H20O3/c1-18-15-5-3-12(9-17)8-16(15)19-10-14-7-11-2-4-13(14)6-11/h3,5,8-9,11,13-14H,2,4,6-7,10H2,1H3. The molecule has 19 heavy (non-hydrogen) atoms. The van der Waals surface area contributed by atoms with E-state index in [2.05, 4.69) is 0 Å². The maximum atomic E-state index is 10.8. The van der Waals surface area contributed by atoms with Crippen LogP contribution >= 0.6 is 0 Å². The lowest BCUT2D eigenvalue weighted by molar-refractivity contribution is 0.112. The van der Waals surface area contributed by atoms with E-state index in [4.69, 9.17) is 9.47 Å². The van der Waals surface area contributed by atoms with E-state index < -0.39 is 0 Å². The summed E-state index contributed by atoms with van der Waals surface area (Å²) >= 11 is 0. The first-order chi connectivity index (χ1) is 9.30. The molecule has 2 bridgehead atoms. The zero-order valence-electron chi connectivity index (χ0n) is 11.3. The molecule has 0 saturated heterocycles. The van der Waals surface area contributed by atoms with Crippen molar-refractivity contribution in [1.29, 1.82) is 0 Å². The largest absolute Gasteiger partial charge is 0.493 e. The molecule has 3 unspecified atom stereocenters. The average Bonchev–Trinajstić information content (AvgIpc) is 3.07. The van der Waals surface area contributed by atoms with Gasteiger partial charge in [-0.3, -0.25) is 4.79 Å². The number of hydrogen-bond acceptors (Lipinski definition) is 3. The van der Waals surface area contributed by atoms with Crippen LogP contribution < -0.4 is 9.47 Å². The number of hydrogen-bond donors (Lipinski definition) is 0. The normalized spacial score (nSPS) is 28.4. The van der Waals surface area contributed by atoms with Gasteiger partial charge in [-0.2, -0.15) is 0 Å². The molecule has 0 N–H and O–H groups in total. The number of fused-ring (bicyclic) bond motifs is 2. The van der Waals surface area contributed by atoms with Gasteiger partial charge in [-0.15, -0.1) is 0 Å². The number of carbonyl (C=O) groups is 1. The van der Waals surface area contributed by atoms with E-state index in [1.165, 1.54) is 25.7 Å². The van der Waals surface area contributed by atoms with Gasteiger partial charge in [0.25, 0.3) is 0 Å². The summed E-state index contributed by atoms with van der Waals surface area (Å²) in [6, 6.07) is 5.30. The number of benzene rings is 1. The molecule has 1 aromatic rings. The van der Waals surface area contributed by atoms with Crippen LogP contribution in [0.4, 0.5) is 0 Å². The quantitative estimate of drug-likeness (QED) is 0.762. The molecular formula is C16H20O3. The van der Waals surface area contributed by atoms with E-state index >= 15 is 0 Å². The van der Waals surface area contributed by atoms with Gasteiger partial charge in [0.2, 0.25) is 0 Å². The highest BCUT2D eigenvalue weighted by Crippen LogP contribution is 2.48. The van der Waals surface area contributed by atoms with Crippen molar-refractivity contribution in [3.05, 3.63) is 23.8 Å². The summed E-state index contributed by atoms with van der Waals surface area (Å²) in [6.07, 6.45) is 6.30. The number of rotatable bonds is 5. The highest BCUT2D eigenvalue weighted by atomic mass is 16.5. The Balaban J connectivity index is 1.67. The average molecular weight is 260 g/mol. The van der Waals surface area contributed by atoms with Crippen molar-refractivity contribution in [3.63, 3.8) is 0 Å². The Kier molecular flexibility index (Phi) is 3.45. The highest BCUT2D eigenvalue weighted by Gasteiger charge is 2.39. The fraction of sp³-hybridized carbons (Fsp3) is 0.562. The van der Waals surface area contributed by atoms with E-state index in [1.807, 2.05) is 0 Å². The molecule has 2 aliphatic rings. The summed E-state index contributed by atoms with van der Waals surface area (Å²) in [5.74, 6) is 3.86. The van der Waals surface area contributed by atoms with Crippen molar-refractivity contribution in [2.24, 2.45) is 17.8 Å². The summed E-state index contributed by atoms with van der Waals surface area (Å²) in [6.45, 7) is 0.750. The second-order valence-corrected chi connectivity index (χ2v) is 5.77. The molecule has 102 valence electrons. The molecule has 1 aromatic carbocycles. The van der Waals surface area contributed by atoms with Crippen LogP contribution in [0.1, 0.15) is 36.0 Å². The fourth-order valence-electron chi connectivity index (χ4n) is 3.66. The van der Waals surface area contributed by atoms with Crippen LogP contribution in [0.2, 0.25) is 0 Å². The Bertz CT molecular complexity index is 469. The molecule has 2 saturated carbocycles. The third kappa shape index (κ3) is 2.46. The lowest BCUT2D eigenvalue weighted by Crippen LogP contribution is -2.18. The Labute approximate surface area is 113 Å². The molecule has 3 rings (SSSR count). The lowest BCUT2D eigenvalue weighted by atomic mass is 9.89. The number of carbonyl (C=O) groups excluding carboxylic acids is 1. The molecule has 0 spiro atoms. The van der Waals surface area contributed by atoms with Crippen molar-refractivity contribution in [1.82, 2.24) is 0 Å². The smallest absolute Gasteiger partial charge is 0.161 e. The van der Waals surface area contributed by atoms with Gasteiger partial charge < -0.3 is 9.47 Å². The highest BCUT2D eigenvalue weighted by molar-refractivity contribution is 5.76. The molecule has 3 nitrogen and oxygen atoms in total. The van der Waals surface area contributed by atoms with Gasteiger partial charge in [0.15, 0.2) is 11.5 Å². The van der Waals surface area contributed by atoms with Crippen molar-refractivity contribution in [2.45, 2.75) is 25.7 Å². The second-order valence-electron chi connectivity index (χ2n) is 5.77. The SMILES string of the molecule is COc1ccc(C=O)cc1OCC1CC2CCC1C2.